The summed E-state index contributed by atoms with van der Waals surface area (Å²) in [7, 11) is 2.20. The van der Waals surface area contributed by atoms with Gasteiger partial charge in [-0.25, -0.2) is 0 Å². The second-order valence-corrected chi connectivity index (χ2v) is 28.9. The van der Waals surface area contributed by atoms with E-state index in [2.05, 4.69) is 51.6 Å². The second-order valence-electron chi connectivity index (χ2n) is 20.3. The summed E-state index contributed by atoms with van der Waals surface area (Å²) in [6.45, 7) is 10.3. The van der Waals surface area contributed by atoms with Crippen LogP contribution in [0, 0.1) is 47.3 Å². The van der Waals surface area contributed by atoms with Crippen LogP contribution in [0.2, 0.25) is 19.6 Å². The Labute approximate surface area is 327 Å². The van der Waals surface area contributed by atoms with Crippen molar-refractivity contribution in [1.29, 1.82) is 0 Å². The molecule has 2 aromatic carbocycles. The Morgan fingerprint density at radius 2 is 1.08 bits per heavy atom. The molecule has 51 heavy (non-hydrogen) atoms. The third-order valence-corrected chi connectivity index (χ3v) is 23.2. The van der Waals surface area contributed by atoms with Crippen LogP contribution >= 0.6 is 17.2 Å². The van der Waals surface area contributed by atoms with Gasteiger partial charge in [0.1, 0.15) is 0 Å². The first-order chi connectivity index (χ1) is 24.2. The third-order valence-electron chi connectivity index (χ3n) is 16.1. The Bertz CT molecular complexity index is 1280. The quantitative estimate of drug-likeness (QED) is 0.158. The van der Waals surface area contributed by atoms with E-state index in [1.54, 1.807) is 75.0 Å². The summed E-state index contributed by atoms with van der Waals surface area (Å²) >= 11 is 0. The molecular weight excluding hydrogens is 714 g/mol. The summed E-state index contributed by atoms with van der Waals surface area (Å²) in [6, 6.07) is 16.9. The van der Waals surface area contributed by atoms with E-state index < -0.39 is 8.07 Å². The van der Waals surface area contributed by atoms with Crippen LogP contribution in [0.15, 0.2) is 42.5 Å². The summed E-state index contributed by atoms with van der Waals surface area (Å²) < 4.78 is 0. The first-order valence-corrected chi connectivity index (χ1v) is 27.5. The minimum Gasteiger partial charge on any atom is -0.748 e. The summed E-state index contributed by atoms with van der Waals surface area (Å²) in [5.74, 6) is 8.73. The van der Waals surface area contributed by atoms with Gasteiger partial charge >= 0.3 is 0 Å². The molecule has 2 aromatic rings. The maximum atomic E-state index is 4.15. The largest absolute Gasteiger partial charge is 0.748 e. The van der Waals surface area contributed by atoms with Gasteiger partial charge in [0.15, 0.2) is 0 Å². The maximum absolute atomic E-state index is 4.15. The Balaban J connectivity index is 0.000000576. The van der Waals surface area contributed by atoms with Gasteiger partial charge < -0.3 is 41.0 Å². The Morgan fingerprint density at radius 1 is 0.667 bits per heavy atom. The third kappa shape index (κ3) is 7.45. The Kier molecular flexibility index (Phi) is 11.7. The smallest absolute Gasteiger partial charge is 0.0147 e. The zero-order valence-electron chi connectivity index (χ0n) is 32.3. The van der Waals surface area contributed by atoms with Crippen molar-refractivity contribution >= 4 is 30.4 Å². The van der Waals surface area contributed by atoms with Gasteiger partial charge in [-0.15, -0.1) is 17.2 Å². The van der Waals surface area contributed by atoms with E-state index >= 15 is 0 Å². The topological polar surface area (TPSA) is 24.1 Å². The molecule has 0 aromatic heterocycles. The van der Waals surface area contributed by atoms with Crippen LogP contribution < -0.4 is 15.8 Å². The zero-order chi connectivity index (χ0) is 34.0. The van der Waals surface area contributed by atoms with Crippen molar-refractivity contribution in [3.63, 3.8) is 0 Å². The van der Waals surface area contributed by atoms with Gasteiger partial charge in [0.25, 0.3) is 0 Å². The molecule has 8 aliphatic carbocycles. The van der Waals surface area contributed by atoms with Crippen molar-refractivity contribution in [2.75, 3.05) is 13.1 Å². The average Bonchev–Trinajstić information content (AvgIpc) is 3.83. The number of hydrogen-bond acceptors (Lipinski definition) is 2. The number of rotatable bonds is 8. The van der Waals surface area contributed by atoms with Gasteiger partial charge in [0, 0.05) is 37.2 Å². The molecule has 2 heterocycles. The monoisotopic (exact) mass is 784 g/mol. The maximum Gasteiger partial charge on any atom is 0.0147 e. The van der Waals surface area contributed by atoms with E-state index in [0.717, 1.165) is 58.7 Å². The molecular formula is C45H70FeN2P2Si-6. The minimum atomic E-state index is -1.45. The SMILES string of the molecule is C[Si](C)(C)[c-]1cc(CP(C2C3CC4CC(C3)CC2C4)C2C3CC4CC(C3)CC2C4)c(C(P)(C2CCCCN2)C2CCCCN2)c1.[Fe].[cH-]1[cH-][cH-][cH-][cH-]1. The number of hydrogen-bond donors (Lipinski definition) is 2. The van der Waals surface area contributed by atoms with Crippen LogP contribution in [0.25, 0.3) is 0 Å². The van der Waals surface area contributed by atoms with Gasteiger partial charge in [-0.1, -0.05) is 38.6 Å². The van der Waals surface area contributed by atoms with E-state index in [1.807, 2.05) is 35.9 Å². The van der Waals surface area contributed by atoms with E-state index in [4.69, 9.17) is 0 Å². The average molecular weight is 785 g/mol. The van der Waals surface area contributed by atoms with Crippen LogP contribution in [-0.4, -0.2) is 44.6 Å². The predicted octanol–water partition coefficient (Wildman–Crippen LogP) is 10.3. The van der Waals surface area contributed by atoms with Gasteiger partial charge in [-0.3, -0.25) is 0 Å². The second kappa shape index (κ2) is 15.6. The molecule has 8 saturated carbocycles. The molecule has 0 radical (unpaired) electrons. The molecule has 3 atom stereocenters. The van der Waals surface area contributed by atoms with Crippen LogP contribution in [-0.2, 0) is 28.4 Å². The van der Waals surface area contributed by atoms with Crippen LogP contribution in [0.4, 0.5) is 0 Å². The number of piperidine rings is 2. The van der Waals surface area contributed by atoms with E-state index in [9.17, 15) is 0 Å². The standard InChI is InChI=1S/C40H65N2P2Si.C5H5.Fe/c1-45(2,3)34-22-33(35(23-34)40(43,36-8-4-6-10-41-36)37-9-5-7-11-42-37)24-44(38-29-14-25-12-26(16-29)17-30(38)15-25)39-31-18-27-13-28(20-31)21-32(39)19-27;1-2-4-5-3-1;/h22-23,25-32,36-39,41-42H,4-21,24,43H2,1-3H3;1-5H;/q-1;-5;. The van der Waals surface area contributed by atoms with Gasteiger partial charge in [0.05, 0.1) is 0 Å². The van der Waals surface area contributed by atoms with Crippen LogP contribution in [0.3, 0.4) is 0 Å². The van der Waals surface area contributed by atoms with Crippen LogP contribution in [0.5, 0.6) is 0 Å². The van der Waals surface area contributed by atoms with E-state index in [-0.39, 0.29) is 30.1 Å². The summed E-state index contributed by atoms with van der Waals surface area (Å²) in [6.07, 6.45) is 25.8. The molecule has 2 N–H and O–H groups in total. The van der Waals surface area contributed by atoms with Gasteiger partial charge in [-0.2, -0.15) is 28.4 Å². The van der Waals surface area contributed by atoms with Crippen molar-refractivity contribution < 1.29 is 17.1 Å². The predicted molar refractivity (Wildman–Crippen MR) is 222 cm³/mol. The van der Waals surface area contributed by atoms with Crippen molar-refractivity contribution in [2.45, 2.75) is 157 Å². The van der Waals surface area contributed by atoms with Gasteiger partial charge in [0.2, 0.25) is 0 Å². The fourth-order valence-electron chi connectivity index (χ4n) is 14.5. The van der Waals surface area contributed by atoms with Crippen molar-refractivity contribution in [1.82, 2.24) is 10.6 Å². The fraction of sp³-hybridized carbons (Fsp3) is 0.778. The van der Waals surface area contributed by atoms with E-state index in [1.165, 1.54) is 57.8 Å². The molecule has 2 aliphatic heterocycles. The first-order valence-electron chi connectivity index (χ1n) is 21.7. The molecule has 10 aliphatic rings. The summed E-state index contributed by atoms with van der Waals surface area (Å²) in [5.41, 5.74) is 5.83. The molecule has 12 rings (SSSR count). The van der Waals surface area contributed by atoms with Gasteiger partial charge in [-0.05, 0) is 167 Å². The zero-order valence-corrected chi connectivity index (χ0v) is 36.4. The molecule has 288 valence electrons. The molecule has 0 amide bonds. The summed E-state index contributed by atoms with van der Waals surface area (Å²) in [4.78, 5) is 0. The minimum absolute atomic E-state index is 0. The molecule has 3 unspecified atom stereocenters. The van der Waals surface area contributed by atoms with E-state index in [0.29, 0.717) is 12.1 Å². The number of nitrogens with one attached hydrogen (secondary N) is 2. The van der Waals surface area contributed by atoms with Crippen molar-refractivity contribution in [3.05, 3.63) is 53.6 Å². The fourth-order valence-corrected chi connectivity index (χ4v) is 21.1. The van der Waals surface area contributed by atoms with Crippen molar-refractivity contribution in [2.24, 2.45) is 47.3 Å². The Morgan fingerprint density at radius 3 is 1.43 bits per heavy atom. The molecule has 6 heteroatoms. The summed E-state index contributed by atoms with van der Waals surface area (Å²) in [5, 5.41) is 10.2. The molecule has 8 bridgehead atoms. The van der Waals surface area contributed by atoms with Crippen LogP contribution in [0.1, 0.15) is 114 Å². The molecule has 0 spiro atoms. The molecule has 2 nitrogen and oxygen atoms in total. The first kappa shape index (κ1) is 38.1. The normalized spacial score (nSPS) is 41.3. The van der Waals surface area contributed by atoms with Crippen molar-refractivity contribution in [3.8, 4) is 0 Å². The molecule has 10 fully saturated rings. The molecule has 2 saturated heterocycles. The Hall–Kier alpha value is 0.216.